The number of carbonyl (C=O) groups excluding carboxylic acids is 2. The molecular weight excluding hydrogens is 364 g/mol. The van der Waals surface area contributed by atoms with E-state index in [2.05, 4.69) is 10.6 Å². The van der Waals surface area contributed by atoms with E-state index in [1.807, 2.05) is 13.8 Å². The lowest BCUT2D eigenvalue weighted by atomic mass is 10.1. The molecule has 0 radical (unpaired) electrons. The summed E-state index contributed by atoms with van der Waals surface area (Å²) < 4.78 is 9.87. The van der Waals surface area contributed by atoms with Crippen LogP contribution >= 0.6 is 22.9 Å². The first-order valence-corrected chi connectivity index (χ1v) is 8.62. The van der Waals surface area contributed by atoms with Crippen LogP contribution in [0.4, 0.5) is 10.7 Å². The summed E-state index contributed by atoms with van der Waals surface area (Å²) in [5.41, 5.74) is 1.89. The zero-order valence-corrected chi connectivity index (χ0v) is 15.9. The molecule has 2 aromatic rings. The molecule has 0 aliphatic heterocycles. The van der Waals surface area contributed by atoms with Crippen LogP contribution in [0.2, 0.25) is 5.02 Å². The summed E-state index contributed by atoms with van der Waals surface area (Å²) in [4.78, 5) is 25.1. The fraction of sp³-hybridized carbons (Fsp3) is 0.294. The molecule has 0 spiro atoms. The van der Waals surface area contributed by atoms with Gasteiger partial charge in [-0.1, -0.05) is 11.6 Å². The van der Waals surface area contributed by atoms with E-state index in [1.54, 1.807) is 18.2 Å². The number of carbonyl (C=O) groups is 2. The van der Waals surface area contributed by atoms with Gasteiger partial charge >= 0.3 is 5.97 Å². The van der Waals surface area contributed by atoms with Crippen molar-refractivity contribution in [3.63, 3.8) is 0 Å². The van der Waals surface area contributed by atoms with Crippen LogP contribution in [0.25, 0.3) is 0 Å². The largest absolute Gasteiger partial charge is 0.495 e. The maximum atomic E-state index is 12.2. The molecule has 0 fully saturated rings. The van der Waals surface area contributed by atoms with E-state index in [4.69, 9.17) is 21.1 Å². The van der Waals surface area contributed by atoms with Gasteiger partial charge in [0, 0.05) is 10.6 Å². The smallest absolute Gasteiger partial charge is 0.341 e. The summed E-state index contributed by atoms with van der Waals surface area (Å²) in [5, 5.41) is 6.67. The monoisotopic (exact) mass is 382 g/mol. The molecule has 0 aliphatic rings. The minimum absolute atomic E-state index is 0.0270. The molecule has 2 N–H and O–H groups in total. The van der Waals surface area contributed by atoms with Gasteiger partial charge in [0.1, 0.15) is 10.8 Å². The Morgan fingerprint density at radius 1 is 1.24 bits per heavy atom. The molecule has 6 nitrogen and oxygen atoms in total. The van der Waals surface area contributed by atoms with E-state index in [0.717, 1.165) is 10.4 Å². The van der Waals surface area contributed by atoms with Crippen molar-refractivity contribution in [2.24, 2.45) is 0 Å². The Morgan fingerprint density at radius 2 is 1.96 bits per heavy atom. The highest BCUT2D eigenvalue weighted by atomic mass is 35.5. The molecule has 0 saturated carbocycles. The molecular formula is C17H19ClN2O4S. The molecule has 0 bridgehead atoms. The second-order valence-corrected chi connectivity index (χ2v) is 6.86. The number of amides is 1. The van der Waals surface area contributed by atoms with Gasteiger partial charge in [-0.2, -0.15) is 0 Å². The van der Waals surface area contributed by atoms with Crippen LogP contribution in [-0.4, -0.2) is 32.6 Å². The van der Waals surface area contributed by atoms with E-state index in [9.17, 15) is 9.59 Å². The molecule has 1 heterocycles. The molecule has 134 valence electrons. The number of ether oxygens (including phenoxy) is 2. The first kappa shape index (κ1) is 19.1. The Hall–Kier alpha value is -2.25. The molecule has 1 aromatic heterocycles. The highest BCUT2D eigenvalue weighted by molar-refractivity contribution is 7.16. The Balaban J connectivity index is 2.05. The Morgan fingerprint density at radius 3 is 2.56 bits per heavy atom. The second kappa shape index (κ2) is 8.22. The number of anilines is 2. The van der Waals surface area contributed by atoms with E-state index in [0.29, 0.717) is 27.0 Å². The van der Waals surface area contributed by atoms with Crippen molar-refractivity contribution in [3.05, 3.63) is 39.2 Å². The maximum absolute atomic E-state index is 12.2. The first-order chi connectivity index (χ1) is 11.9. The van der Waals surface area contributed by atoms with Crippen LogP contribution in [0.15, 0.2) is 18.2 Å². The van der Waals surface area contributed by atoms with Gasteiger partial charge in [0.15, 0.2) is 0 Å². The molecule has 0 atom stereocenters. The number of hydrogen-bond donors (Lipinski definition) is 2. The van der Waals surface area contributed by atoms with Crippen molar-refractivity contribution >= 4 is 45.5 Å². The van der Waals surface area contributed by atoms with Gasteiger partial charge in [0.05, 0.1) is 31.4 Å². The summed E-state index contributed by atoms with van der Waals surface area (Å²) in [6.07, 6.45) is 0. The van der Waals surface area contributed by atoms with Gasteiger partial charge in [-0.05, 0) is 37.6 Å². The van der Waals surface area contributed by atoms with Gasteiger partial charge in [0.2, 0.25) is 5.91 Å². The zero-order chi connectivity index (χ0) is 18.6. The topological polar surface area (TPSA) is 76.7 Å². The lowest BCUT2D eigenvalue weighted by Gasteiger charge is -2.10. The fourth-order valence-corrected chi connectivity index (χ4v) is 3.51. The zero-order valence-electron chi connectivity index (χ0n) is 14.4. The van der Waals surface area contributed by atoms with Crippen molar-refractivity contribution in [3.8, 4) is 5.75 Å². The molecule has 2 rings (SSSR count). The molecule has 0 saturated heterocycles. The van der Waals surface area contributed by atoms with Crippen molar-refractivity contribution in [1.29, 1.82) is 0 Å². The van der Waals surface area contributed by atoms with Crippen LogP contribution in [0, 0.1) is 13.8 Å². The van der Waals surface area contributed by atoms with Gasteiger partial charge < -0.3 is 20.1 Å². The Bertz CT molecular complexity index is 804. The lowest BCUT2D eigenvalue weighted by Crippen LogP contribution is -2.22. The van der Waals surface area contributed by atoms with Crippen LogP contribution in [0.5, 0.6) is 5.75 Å². The molecule has 25 heavy (non-hydrogen) atoms. The van der Waals surface area contributed by atoms with Gasteiger partial charge in [0.25, 0.3) is 0 Å². The summed E-state index contributed by atoms with van der Waals surface area (Å²) in [5.74, 6) is -0.186. The average molecular weight is 383 g/mol. The quantitative estimate of drug-likeness (QED) is 0.742. The number of rotatable bonds is 6. The molecule has 1 aromatic carbocycles. The van der Waals surface area contributed by atoms with Crippen LogP contribution in [0.1, 0.15) is 20.8 Å². The first-order valence-electron chi connectivity index (χ1n) is 7.43. The number of methoxy groups -OCH3 is 2. The van der Waals surface area contributed by atoms with E-state index < -0.39 is 5.97 Å². The fourth-order valence-electron chi connectivity index (χ4n) is 2.19. The van der Waals surface area contributed by atoms with E-state index >= 15 is 0 Å². The third-order valence-corrected chi connectivity index (χ3v) is 5.05. The Labute approximate surface area is 155 Å². The summed E-state index contributed by atoms with van der Waals surface area (Å²) >= 11 is 7.39. The summed E-state index contributed by atoms with van der Waals surface area (Å²) in [6, 6.07) is 5.15. The summed E-state index contributed by atoms with van der Waals surface area (Å²) in [7, 11) is 2.85. The normalized spacial score (nSPS) is 10.3. The minimum atomic E-state index is -0.466. The summed E-state index contributed by atoms with van der Waals surface area (Å²) in [6.45, 7) is 3.74. The minimum Gasteiger partial charge on any atom is -0.495 e. The third kappa shape index (κ3) is 4.43. The number of aryl methyl sites for hydroxylation is 1. The second-order valence-electron chi connectivity index (χ2n) is 5.23. The van der Waals surface area contributed by atoms with E-state index in [-0.39, 0.29) is 12.5 Å². The van der Waals surface area contributed by atoms with Crippen LogP contribution in [0.3, 0.4) is 0 Å². The molecule has 1 amide bonds. The highest BCUT2D eigenvalue weighted by Gasteiger charge is 2.21. The van der Waals surface area contributed by atoms with Gasteiger partial charge in [-0.3, -0.25) is 4.79 Å². The van der Waals surface area contributed by atoms with Crippen molar-refractivity contribution < 1.29 is 19.1 Å². The lowest BCUT2D eigenvalue weighted by molar-refractivity contribution is -0.114. The number of nitrogens with one attached hydrogen (secondary N) is 2. The third-order valence-electron chi connectivity index (χ3n) is 3.63. The SMILES string of the molecule is COC(=O)c1c(NC(=O)CNc2ccc(OC)c(Cl)c2)sc(C)c1C. The molecule has 0 aliphatic carbocycles. The number of thiophene rings is 1. The Kier molecular flexibility index (Phi) is 6.27. The van der Waals surface area contributed by atoms with E-state index in [1.165, 1.54) is 25.6 Å². The number of esters is 1. The average Bonchev–Trinajstić information content (AvgIpc) is 2.86. The molecule has 8 heteroatoms. The van der Waals surface area contributed by atoms with Gasteiger partial charge in [-0.15, -0.1) is 11.3 Å². The van der Waals surface area contributed by atoms with Crippen molar-refractivity contribution in [2.45, 2.75) is 13.8 Å². The number of benzene rings is 1. The predicted octanol–water partition coefficient (Wildman–Crippen LogP) is 3.86. The maximum Gasteiger partial charge on any atom is 0.341 e. The highest BCUT2D eigenvalue weighted by Crippen LogP contribution is 2.33. The molecule has 0 unspecified atom stereocenters. The standard InChI is InChI=1S/C17H19ClN2O4S/c1-9-10(2)25-16(15(9)17(22)24-4)20-14(21)8-19-11-5-6-13(23-3)12(18)7-11/h5-7,19H,8H2,1-4H3,(H,20,21). The van der Waals surface area contributed by atoms with Crippen molar-refractivity contribution in [2.75, 3.05) is 31.4 Å². The number of hydrogen-bond acceptors (Lipinski definition) is 6. The number of halogens is 1. The van der Waals surface area contributed by atoms with Crippen LogP contribution in [-0.2, 0) is 9.53 Å². The van der Waals surface area contributed by atoms with Gasteiger partial charge in [-0.25, -0.2) is 4.79 Å². The van der Waals surface area contributed by atoms with Crippen molar-refractivity contribution in [1.82, 2.24) is 0 Å². The predicted molar refractivity (Wildman–Crippen MR) is 100 cm³/mol. The van der Waals surface area contributed by atoms with Crippen LogP contribution < -0.4 is 15.4 Å².